The topological polar surface area (TPSA) is 59.1 Å². The molecule has 0 aliphatic carbocycles. The maximum absolute atomic E-state index is 13.1. The Balaban J connectivity index is 1.96. The molecule has 0 bridgehead atoms. The van der Waals surface area contributed by atoms with Crippen LogP contribution in [0.3, 0.4) is 0 Å². The van der Waals surface area contributed by atoms with Crippen molar-refractivity contribution < 1.29 is 12.8 Å². The minimum absolute atomic E-state index is 0.105. The summed E-state index contributed by atoms with van der Waals surface area (Å²) >= 11 is 7.82. The van der Waals surface area contributed by atoms with Gasteiger partial charge in [0.2, 0.25) is 0 Å². The van der Waals surface area contributed by atoms with Gasteiger partial charge in [0.15, 0.2) is 5.13 Å². The monoisotopic (exact) mass is 348 g/mol. The van der Waals surface area contributed by atoms with Crippen molar-refractivity contribution in [2.24, 2.45) is 0 Å². The SMILES string of the molecule is O=S(=O)(Nc1nc2cc(F)ccc2s1)c1ccc(Cl)s1. The molecular weight excluding hydrogens is 343 g/mol. The molecule has 0 fully saturated rings. The first-order valence-electron chi connectivity index (χ1n) is 5.28. The fourth-order valence-electron chi connectivity index (χ4n) is 1.55. The minimum Gasteiger partial charge on any atom is -0.254 e. The van der Waals surface area contributed by atoms with E-state index in [1.54, 1.807) is 6.07 Å². The highest BCUT2D eigenvalue weighted by atomic mass is 35.5. The molecule has 0 radical (unpaired) electrons. The quantitative estimate of drug-likeness (QED) is 0.779. The van der Waals surface area contributed by atoms with Crippen LogP contribution in [0.1, 0.15) is 0 Å². The number of thiazole rings is 1. The highest BCUT2D eigenvalue weighted by Gasteiger charge is 2.18. The van der Waals surface area contributed by atoms with Crippen LogP contribution in [0.4, 0.5) is 9.52 Å². The number of nitrogens with zero attached hydrogens (tertiary/aromatic N) is 1. The van der Waals surface area contributed by atoms with Gasteiger partial charge in [0.25, 0.3) is 10.0 Å². The van der Waals surface area contributed by atoms with Gasteiger partial charge < -0.3 is 0 Å². The van der Waals surface area contributed by atoms with Crippen LogP contribution in [0.15, 0.2) is 34.5 Å². The van der Waals surface area contributed by atoms with E-state index >= 15 is 0 Å². The standard InChI is InChI=1S/C11H6ClFN2O2S3/c12-9-3-4-10(19-9)20(16,17)15-11-14-7-5-6(13)1-2-8(7)18-11/h1-5H,(H,14,15). The zero-order valence-corrected chi connectivity index (χ0v) is 12.8. The summed E-state index contributed by atoms with van der Waals surface area (Å²) in [7, 11) is -3.71. The van der Waals surface area contributed by atoms with Gasteiger partial charge in [-0.05, 0) is 24.3 Å². The van der Waals surface area contributed by atoms with Gasteiger partial charge in [0.05, 0.1) is 14.6 Å². The Hall–Kier alpha value is -1.22. The van der Waals surface area contributed by atoms with Gasteiger partial charge in [-0.25, -0.2) is 17.8 Å². The Morgan fingerprint density at radius 2 is 2.00 bits per heavy atom. The minimum atomic E-state index is -3.71. The van der Waals surface area contributed by atoms with Crippen LogP contribution < -0.4 is 4.72 Å². The van der Waals surface area contributed by atoms with E-state index in [1.807, 2.05) is 0 Å². The van der Waals surface area contributed by atoms with Crippen molar-refractivity contribution in [1.82, 2.24) is 4.98 Å². The number of hydrogen-bond donors (Lipinski definition) is 1. The molecule has 0 aliphatic rings. The van der Waals surface area contributed by atoms with Crippen LogP contribution in [0.2, 0.25) is 4.34 Å². The molecule has 3 rings (SSSR count). The molecule has 104 valence electrons. The van der Waals surface area contributed by atoms with Crippen molar-refractivity contribution in [2.75, 3.05) is 4.72 Å². The van der Waals surface area contributed by atoms with Crippen molar-refractivity contribution in [3.05, 3.63) is 40.5 Å². The van der Waals surface area contributed by atoms with E-state index < -0.39 is 15.8 Å². The average Bonchev–Trinajstić information content (AvgIpc) is 2.94. The Kier molecular flexibility index (Phi) is 3.41. The fourth-order valence-corrected chi connectivity index (χ4v) is 5.12. The van der Waals surface area contributed by atoms with Crippen LogP contribution in [0, 0.1) is 5.82 Å². The van der Waals surface area contributed by atoms with Crippen LogP contribution >= 0.6 is 34.3 Å². The molecular formula is C11H6ClFN2O2S3. The molecule has 0 spiro atoms. The lowest BCUT2D eigenvalue weighted by Crippen LogP contribution is -2.10. The average molecular weight is 349 g/mol. The number of rotatable bonds is 3. The maximum atomic E-state index is 13.1. The van der Waals surface area contributed by atoms with E-state index in [9.17, 15) is 12.8 Å². The van der Waals surface area contributed by atoms with Gasteiger partial charge in [-0.3, -0.25) is 4.72 Å². The second-order valence-corrected chi connectivity index (χ2v) is 8.45. The van der Waals surface area contributed by atoms with Crippen LogP contribution in [-0.4, -0.2) is 13.4 Å². The maximum Gasteiger partial charge on any atom is 0.273 e. The molecule has 0 unspecified atom stereocenters. The molecule has 0 aliphatic heterocycles. The first-order chi connectivity index (χ1) is 9.44. The van der Waals surface area contributed by atoms with Crippen LogP contribution in [0.25, 0.3) is 10.2 Å². The molecule has 9 heteroatoms. The summed E-state index contributed by atoms with van der Waals surface area (Å²) in [5, 5.41) is 0.190. The largest absolute Gasteiger partial charge is 0.273 e. The number of anilines is 1. The number of fused-ring (bicyclic) bond motifs is 1. The van der Waals surface area contributed by atoms with Crippen molar-refractivity contribution in [2.45, 2.75) is 4.21 Å². The number of hydrogen-bond acceptors (Lipinski definition) is 5. The highest BCUT2D eigenvalue weighted by molar-refractivity contribution is 7.95. The molecule has 0 saturated heterocycles. The second kappa shape index (κ2) is 4.96. The molecule has 1 aromatic carbocycles. The summed E-state index contributed by atoms with van der Waals surface area (Å²) in [6, 6.07) is 7.04. The first kappa shape index (κ1) is 13.7. The van der Waals surface area contributed by atoms with Crippen molar-refractivity contribution in [1.29, 1.82) is 0 Å². The second-order valence-electron chi connectivity index (χ2n) is 3.80. The van der Waals surface area contributed by atoms with Crippen LogP contribution in [-0.2, 0) is 10.0 Å². The van der Waals surface area contributed by atoms with Gasteiger partial charge in [-0.15, -0.1) is 11.3 Å². The summed E-state index contributed by atoms with van der Waals surface area (Å²) < 4.78 is 40.8. The van der Waals surface area contributed by atoms with Gasteiger partial charge >= 0.3 is 0 Å². The molecule has 2 heterocycles. The molecule has 4 nitrogen and oxygen atoms in total. The third-order valence-corrected chi connectivity index (χ3v) is 6.53. The molecule has 3 aromatic rings. The lowest BCUT2D eigenvalue weighted by Gasteiger charge is -2.00. The number of thiophene rings is 1. The summed E-state index contributed by atoms with van der Waals surface area (Å²) in [6.07, 6.45) is 0. The molecule has 0 saturated carbocycles. The molecule has 20 heavy (non-hydrogen) atoms. The van der Waals surface area contributed by atoms with E-state index in [1.165, 1.54) is 24.3 Å². The van der Waals surface area contributed by atoms with Gasteiger partial charge in [-0.1, -0.05) is 22.9 Å². The molecule has 2 aromatic heterocycles. The zero-order chi connectivity index (χ0) is 14.3. The first-order valence-corrected chi connectivity index (χ1v) is 8.78. The van der Waals surface area contributed by atoms with Gasteiger partial charge in [0, 0.05) is 6.07 Å². The third kappa shape index (κ3) is 2.64. The Morgan fingerprint density at radius 1 is 1.20 bits per heavy atom. The molecule has 0 amide bonds. The van der Waals surface area contributed by atoms with E-state index in [2.05, 4.69) is 9.71 Å². The van der Waals surface area contributed by atoms with E-state index in [4.69, 9.17) is 11.6 Å². The van der Waals surface area contributed by atoms with Crippen molar-refractivity contribution in [3.63, 3.8) is 0 Å². The van der Waals surface area contributed by atoms with Crippen molar-refractivity contribution in [3.8, 4) is 0 Å². The van der Waals surface area contributed by atoms with E-state index in [0.29, 0.717) is 14.6 Å². The summed E-state index contributed by atoms with van der Waals surface area (Å²) in [4.78, 5) is 4.05. The normalized spacial score (nSPS) is 11.9. The van der Waals surface area contributed by atoms with E-state index in [-0.39, 0.29) is 9.34 Å². The predicted octanol–water partition coefficient (Wildman–Crippen LogP) is 3.95. The highest BCUT2D eigenvalue weighted by Crippen LogP contribution is 2.30. The molecule has 1 N–H and O–H groups in total. The number of nitrogens with one attached hydrogen (secondary N) is 1. The fraction of sp³-hybridized carbons (Fsp3) is 0. The van der Waals surface area contributed by atoms with Crippen LogP contribution in [0.5, 0.6) is 0 Å². The Labute approximate surface area is 126 Å². The Morgan fingerprint density at radius 3 is 2.70 bits per heavy atom. The Bertz CT molecular complexity index is 888. The zero-order valence-electron chi connectivity index (χ0n) is 9.63. The van der Waals surface area contributed by atoms with Gasteiger partial charge in [-0.2, -0.15) is 0 Å². The lowest BCUT2D eigenvalue weighted by atomic mass is 10.3. The third-order valence-electron chi connectivity index (χ3n) is 2.38. The smallest absolute Gasteiger partial charge is 0.254 e. The lowest BCUT2D eigenvalue weighted by molar-refractivity contribution is 0.603. The number of benzene rings is 1. The predicted molar refractivity (Wildman–Crippen MR) is 79.7 cm³/mol. The van der Waals surface area contributed by atoms with Crippen molar-refractivity contribution >= 4 is 59.6 Å². The summed E-state index contributed by atoms with van der Waals surface area (Å²) in [6.45, 7) is 0. The van der Waals surface area contributed by atoms with Gasteiger partial charge in [0.1, 0.15) is 10.0 Å². The molecule has 0 atom stereocenters. The van der Waals surface area contributed by atoms with E-state index in [0.717, 1.165) is 22.7 Å². The summed E-state index contributed by atoms with van der Waals surface area (Å²) in [5.41, 5.74) is 0.414. The number of aromatic nitrogens is 1. The number of sulfonamides is 1. The number of halogens is 2. The summed E-state index contributed by atoms with van der Waals surface area (Å²) in [5.74, 6) is -0.415.